The molecule has 3 rings (SSSR count). The Morgan fingerprint density at radius 2 is 2.32 bits per heavy atom. The number of anilines is 1. The van der Waals surface area contributed by atoms with Gasteiger partial charge in [0.25, 0.3) is 5.91 Å². The Balaban J connectivity index is 1.67. The summed E-state index contributed by atoms with van der Waals surface area (Å²) in [4.78, 5) is 18.7. The first-order valence-electron chi connectivity index (χ1n) is 6.75. The van der Waals surface area contributed by atoms with E-state index < -0.39 is 0 Å². The largest absolute Gasteiger partial charge is 0.348 e. The van der Waals surface area contributed by atoms with Crippen LogP contribution in [0.5, 0.6) is 0 Å². The number of fused-ring (bicyclic) bond motifs is 1. The third kappa shape index (κ3) is 2.41. The topological polar surface area (TPSA) is 83.3 Å². The highest BCUT2D eigenvalue weighted by Gasteiger charge is 2.37. The van der Waals surface area contributed by atoms with Gasteiger partial charge in [-0.3, -0.25) is 9.69 Å². The number of carbonyl (C=O) groups is 1. The molecule has 0 bridgehead atoms. The summed E-state index contributed by atoms with van der Waals surface area (Å²) in [5.41, 5.74) is 3.05. The van der Waals surface area contributed by atoms with Crippen molar-refractivity contribution in [2.24, 2.45) is 5.84 Å². The van der Waals surface area contributed by atoms with Crippen LogP contribution in [-0.4, -0.2) is 41.0 Å². The van der Waals surface area contributed by atoms with Crippen molar-refractivity contribution in [3.63, 3.8) is 0 Å². The minimum absolute atomic E-state index is 0.0438. The molecule has 0 aliphatic carbocycles. The molecule has 1 aromatic heterocycles. The number of pyridine rings is 1. The monoisotopic (exact) mass is 261 g/mol. The van der Waals surface area contributed by atoms with Crippen molar-refractivity contribution in [3.8, 4) is 0 Å². The minimum Gasteiger partial charge on any atom is -0.348 e. The fraction of sp³-hybridized carbons (Fsp3) is 0.538. The molecule has 1 aromatic rings. The van der Waals surface area contributed by atoms with Crippen LogP contribution in [0.25, 0.3) is 0 Å². The summed E-state index contributed by atoms with van der Waals surface area (Å²) < 4.78 is 0. The lowest BCUT2D eigenvalue weighted by Gasteiger charge is -2.21. The zero-order valence-corrected chi connectivity index (χ0v) is 10.8. The van der Waals surface area contributed by atoms with E-state index in [1.54, 1.807) is 18.3 Å². The highest BCUT2D eigenvalue weighted by molar-refractivity contribution is 5.95. The quantitative estimate of drug-likeness (QED) is 0.539. The number of rotatable bonds is 3. The summed E-state index contributed by atoms with van der Waals surface area (Å²) in [5.74, 6) is 5.76. The number of hydrogen-bond donors (Lipinski definition) is 3. The van der Waals surface area contributed by atoms with Crippen LogP contribution in [0.4, 0.5) is 5.82 Å². The number of carbonyl (C=O) groups excluding carboxylic acids is 1. The maximum atomic E-state index is 12.2. The first-order chi connectivity index (χ1) is 9.28. The van der Waals surface area contributed by atoms with Gasteiger partial charge in [0.1, 0.15) is 5.82 Å². The van der Waals surface area contributed by atoms with Crippen molar-refractivity contribution in [1.82, 2.24) is 15.2 Å². The predicted molar refractivity (Wildman–Crippen MR) is 72.5 cm³/mol. The Morgan fingerprint density at radius 3 is 3.16 bits per heavy atom. The zero-order chi connectivity index (χ0) is 13.2. The molecule has 6 heteroatoms. The molecule has 1 amide bonds. The lowest BCUT2D eigenvalue weighted by Crippen LogP contribution is -2.42. The second kappa shape index (κ2) is 5.14. The van der Waals surface area contributed by atoms with Gasteiger partial charge in [-0.15, -0.1) is 0 Å². The highest BCUT2D eigenvalue weighted by Crippen LogP contribution is 2.28. The van der Waals surface area contributed by atoms with Crippen molar-refractivity contribution in [3.05, 3.63) is 23.9 Å². The van der Waals surface area contributed by atoms with E-state index in [0.29, 0.717) is 17.4 Å². The van der Waals surface area contributed by atoms with Crippen molar-refractivity contribution in [1.29, 1.82) is 0 Å². The summed E-state index contributed by atoms with van der Waals surface area (Å²) >= 11 is 0. The van der Waals surface area contributed by atoms with Crippen LogP contribution < -0.4 is 16.6 Å². The van der Waals surface area contributed by atoms with Crippen molar-refractivity contribution in [2.75, 3.05) is 18.5 Å². The number of amides is 1. The first kappa shape index (κ1) is 12.4. The molecule has 2 saturated heterocycles. The van der Waals surface area contributed by atoms with Gasteiger partial charge in [-0.05, 0) is 37.9 Å². The van der Waals surface area contributed by atoms with Crippen LogP contribution in [0, 0.1) is 0 Å². The van der Waals surface area contributed by atoms with Crippen molar-refractivity contribution < 1.29 is 4.79 Å². The average molecular weight is 261 g/mol. The van der Waals surface area contributed by atoms with Crippen LogP contribution in [-0.2, 0) is 0 Å². The Labute approximate surface area is 112 Å². The molecular weight excluding hydrogens is 242 g/mol. The predicted octanol–water partition coefficient (Wildman–Crippen LogP) is 0.334. The summed E-state index contributed by atoms with van der Waals surface area (Å²) in [5, 5.41) is 3.14. The highest BCUT2D eigenvalue weighted by atomic mass is 16.1. The number of hydrogen-bond acceptors (Lipinski definition) is 5. The molecule has 2 aliphatic heterocycles. The molecule has 0 spiro atoms. The summed E-state index contributed by atoms with van der Waals surface area (Å²) in [6.45, 7) is 2.27. The van der Waals surface area contributed by atoms with Gasteiger partial charge in [0.15, 0.2) is 0 Å². The molecule has 19 heavy (non-hydrogen) atoms. The first-order valence-corrected chi connectivity index (χ1v) is 6.75. The van der Waals surface area contributed by atoms with Gasteiger partial charge < -0.3 is 10.7 Å². The Hall–Kier alpha value is -1.66. The van der Waals surface area contributed by atoms with E-state index in [1.165, 1.54) is 19.4 Å². The van der Waals surface area contributed by atoms with E-state index in [-0.39, 0.29) is 11.9 Å². The molecule has 2 fully saturated rings. The molecule has 3 heterocycles. The van der Waals surface area contributed by atoms with Crippen molar-refractivity contribution in [2.45, 2.75) is 31.3 Å². The van der Waals surface area contributed by atoms with Crippen LogP contribution in [0.15, 0.2) is 18.3 Å². The molecule has 4 N–H and O–H groups in total. The second-order valence-corrected chi connectivity index (χ2v) is 5.19. The molecular formula is C13H19N5O. The number of nitrogens with one attached hydrogen (secondary N) is 2. The number of aromatic nitrogens is 1. The van der Waals surface area contributed by atoms with Crippen molar-refractivity contribution >= 4 is 11.7 Å². The van der Waals surface area contributed by atoms with E-state index >= 15 is 0 Å². The zero-order valence-electron chi connectivity index (χ0n) is 10.8. The smallest absolute Gasteiger partial charge is 0.251 e. The maximum absolute atomic E-state index is 12.2. The van der Waals surface area contributed by atoms with Gasteiger partial charge in [0, 0.05) is 30.4 Å². The number of nitrogens with zero attached hydrogens (tertiary/aromatic N) is 2. The van der Waals surface area contributed by atoms with E-state index in [1.807, 2.05) is 0 Å². The fourth-order valence-electron chi connectivity index (χ4n) is 3.15. The molecule has 2 unspecified atom stereocenters. The molecule has 2 atom stereocenters. The normalized spacial score (nSPS) is 26.2. The average Bonchev–Trinajstić information content (AvgIpc) is 3.04. The van der Waals surface area contributed by atoms with E-state index in [9.17, 15) is 4.79 Å². The van der Waals surface area contributed by atoms with Crippen LogP contribution in [0.1, 0.15) is 29.6 Å². The lowest BCUT2D eigenvalue weighted by molar-refractivity contribution is 0.0929. The molecule has 0 aromatic carbocycles. The molecule has 0 saturated carbocycles. The van der Waals surface area contributed by atoms with E-state index in [4.69, 9.17) is 5.84 Å². The second-order valence-electron chi connectivity index (χ2n) is 5.19. The number of nitrogens with two attached hydrogens (primary N) is 1. The third-order valence-electron chi connectivity index (χ3n) is 4.09. The Bertz CT molecular complexity index is 478. The summed E-state index contributed by atoms with van der Waals surface area (Å²) in [6, 6.07) is 4.17. The third-order valence-corrected chi connectivity index (χ3v) is 4.09. The summed E-state index contributed by atoms with van der Waals surface area (Å²) in [6.07, 6.45) is 5.06. The van der Waals surface area contributed by atoms with Gasteiger partial charge in [0.05, 0.1) is 0 Å². The van der Waals surface area contributed by atoms with Gasteiger partial charge in [0.2, 0.25) is 0 Å². The fourth-order valence-corrected chi connectivity index (χ4v) is 3.15. The van der Waals surface area contributed by atoms with Gasteiger partial charge >= 0.3 is 0 Å². The van der Waals surface area contributed by atoms with Crippen LogP contribution in [0.2, 0.25) is 0 Å². The summed E-state index contributed by atoms with van der Waals surface area (Å²) in [7, 11) is 0. The minimum atomic E-state index is -0.0438. The molecule has 2 aliphatic rings. The number of nitrogen functional groups attached to an aromatic ring is 1. The Kier molecular flexibility index (Phi) is 3.35. The van der Waals surface area contributed by atoms with Gasteiger partial charge in [-0.25, -0.2) is 10.8 Å². The van der Waals surface area contributed by atoms with Gasteiger partial charge in [-0.2, -0.15) is 0 Å². The van der Waals surface area contributed by atoms with Crippen LogP contribution in [0.3, 0.4) is 0 Å². The van der Waals surface area contributed by atoms with Crippen LogP contribution >= 0.6 is 0 Å². The Morgan fingerprint density at radius 1 is 1.42 bits per heavy atom. The number of hydrazine groups is 1. The lowest BCUT2D eigenvalue weighted by atomic mass is 10.1. The molecule has 102 valence electrons. The maximum Gasteiger partial charge on any atom is 0.251 e. The molecule has 6 nitrogen and oxygen atoms in total. The van der Waals surface area contributed by atoms with Gasteiger partial charge in [-0.1, -0.05) is 0 Å². The van der Waals surface area contributed by atoms with E-state index in [0.717, 1.165) is 13.0 Å². The SMILES string of the molecule is NNc1cc(C(=O)NC2CCN3CCCC23)ccn1. The standard InChI is InChI=1S/C13H19N5O/c14-17-12-8-9(3-5-15-12)13(19)16-10-4-7-18-6-1-2-11(10)18/h3,5,8,10-11H,1-2,4,6-7,14H2,(H,15,17)(H,16,19). The van der Waals surface area contributed by atoms with E-state index in [2.05, 4.69) is 20.6 Å². The molecule has 0 radical (unpaired) electrons.